The van der Waals surface area contributed by atoms with Crippen LogP contribution in [0.3, 0.4) is 0 Å². The maximum absolute atomic E-state index is 6.63. The van der Waals surface area contributed by atoms with E-state index < -0.39 is 0 Å². The molecule has 0 atom stereocenters. The average Bonchev–Trinajstić information content (AvgIpc) is 3.79. The Morgan fingerprint density at radius 1 is 0.373 bits per heavy atom. The van der Waals surface area contributed by atoms with Gasteiger partial charge in [0.25, 0.3) is 0 Å². The zero-order valence-electron chi connectivity index (χ0n) is 33.1. The molecule has 0 radical (unpaired) electrons. The van der Waals surface area contributed by atoms with Crippen molar-refractivity contribution in [3.63, 3.8) is 0 Å². The Hall–Kier alpha value is -7.42. The normalized spacial score (nSPS) is 12.7. The molecule has 1 aliphatic rings. The van der Waals surface area contributed by atoms with Gasteiger partial charge >= 0.3 is 0 Å². The van der Waals surface area contributed by atoms with Crippen LogP contribution in [0, 0.1) is 0 Å². The van der Waals surface area contributed by atoms with E-state index in [9.17, 15) is 0 Å². The number of anilines is 3. The molecule has 0 unspecified atom stereocenters. The highest BCUT2D eigenvalue weighted by molar-refractivity contribution is 6.16. The Morgan fingerprint density at radius 2 is 0.932 bits per heavy atom. The smallest absolute Gasteiger partial charge is 0.136 e. The number of rotatable bonds is 7. The summed E-state index contributed by atoms with van der Waals surface area (Å²) in [5.74, 6) is 0. The number of hydrogen-bond donors (Lipinski definition) is 0. The number of para-hydroxylation sites is 1. The molecular weight excluding hydrogens is 715 g/mol. The van der Waals surface area contributed by atoms with Gasteiger partial charge in [-0.05, 0) is 116 Å². The molecule has 9 aromatic carbocycles. The largest absolute Gasteiger partial charge is 0.456 e. The van der Waals surface area contributed by atoms with E-state index in [0.29, 0.717) is 0 Å². The lowest BCUT2D eigenvalue weighted by molar-refractivity contribution is 0.660. The molecule has 2 heteroatoms. The van der Waals surface area contributed by atoms with Crippen molar-refractivity contribution in [2.45, 2.75) is 19.3 Å². The fourth-order valence-electron chi connectivity index (χ4n) is 9.36. The van der Waals surface area contributed by atoms with Crippen LogP contribution in [0.15, 0.2) is 217 Å². The molecule has 0 bridgehead atoms. The summed E-state index contributed by atoms with van der Waals surface area (Å²) in [7, 11) is 0. The standard InChI is InChI=1S/C57H41NO/c1-57(2)50-27-14-12-25-47(50)48-30-29-45(37-51(48)57)58(46-35-43(39-19-8-4-9-20-39)34-44(36-46)40-21-10-5-11-22-40)52-31-32-54-56(49-26-13-15-28-53(49)59-54)55(52)42-24-16-23-41(33-42)38-17-6-3-7-18-38/h3-37H,1-2H3. The fraction of sp³-hybridized carbons (Fsp3) is 0.0526. The highest BCUT2D eigenvalue weighted by Gasteiger charge is 2.36. The lowest BCUT2D eigenvalue weighted by atomic mass is 9.82. The van der Waals surface area contributed by atoms with Crippen LogP contribution < -0.4 is 4.90 Å². The highest BCUT2D eigenvalue weighted by Crippen LogP contribution is 2.53. The Kier molecular flexibility index (Phi) is 8.20. The van der Waals surface area contributed by atoms with Gasteiger partial charge in [-0.2, -0.15) is 0 Å². The van der Waals surface area contributed by atoms with Crippen molar-refractivity contribution in [2.75, 3.05) is 4.90 Å². The maximum Gasteiger partial charge on any atom is 0.136 e. The third-order valence-corrected chi connectivity index (χ3v) is 12.2. The summed E-state index contributed by atoms with van der Waals surface area (Å²) in [5, 5.41) is 2.20. The maximum atomic E-state index is 6.63. The second-order valence-corrected chi connectivity index (χ2v) is 16.1. The van der Waals surface area contributed by atoms with Crippen molar-refractivity contribution in [3.05, 3.63) is 223 Å². The zero-order chi connectivity index (χ0) is 39.5. The SMILES string of the molecule is CC1(C)c2ccccc2-c2ccc(N(c3cc(-c4ccccc4)cc(-c4ccccc4)c3)c3ccc4oc5ccccc5c4c3-c3cccc(-c4ccccc4)c3)cc21. The first-order valence-electron chi connectivity index (χ1n) is 20.4. The van der Waals surface area contributed by atoms with E-state index in [4.69, 9.17) is 4.42 Å². The summed E-state index contributed by atoms with van der Waals surface area (Å²) in [5.41, 5.74) is 19.4. The molecule has 0 aliphatic heterocycles. The van der Waals surface area contributed by atoms with E-state index in [-0.39, 0.29) is 5.41 Å². The van der Waals surface area contributed by atoms with Crippen LogP contribution in [0.2, 0.25) is 0 Å². The molecule has 1 aliphatic carbocycles. The summed E-state index contributed by atoms with van der Waals surface area (Å²) >= 11 is 0. The minimum absolute atomic E-state index is 0.174. The number of hydrogen-bond acceptors (Lipinski definition) is 2. The molecule has 0 N–H and O–H groups in total. The molecule has 0 fully saturated rings. The topological polar surface area (TPSA) is 16.4 Å². The van der Waals surface area contributed by atoms with Crippen LogP contribution in [-0.2, 0) is 5.41 Å². The van der Waals surface area contributed by atoms with Gasteiger partial charge in [0, 0.05) is 33.1 Å². The molecule has 0 spiro atoms. The molecule has 10 aromatic rings. The Morgan fingerprint density at radius 3 is 1.64 bits per heavy atom. The van der Waals surface area contributed by atoms with E-state index in [2.05, 4.69) is 231 Å². The van der Waals surface area contributed by atoms with Gasteiger partial charge in [0.2, 0.25) is 0 Å². The van der Waals surface area contributed by atoms with Crippen molar-refractivity contribution < 1.29 is 4.42 Å². The first kappa shape index (κ1) is 34.8. The predicted octanol–water partition coefficient (Wildman–Crippen LogP) is 16.0. The first-order valence-corrected chi connectivity index (χ1v) is 20.4. The highest BCUT2D eigenvalue weighted by atomic mass is 16.3. The molecule has 0 saturated carbocycles. The molecule has 1 heterocycles. The summed E-state index contributed by atoms with van der Waals surface area (Å²) in [6.45, 7) is 4.72. The summed E-state index contributed by atoms with van der Waals surface area (Å²) in [6.07, 6.45) is 0. The number of furan rings is 1. The number of fused-ring (bicyclic) bond motifs is 6. The monoisotopic (exact) mass is 755 g/mol. The molecule has 0 saturated heterocycles. The van der Waals surface area contributed by atoms with Gasteiger partial charge in [-0.1, -0.05) is 172 Å². The quantitative estimate of drug-likeness (QED) is 0.161. The minimum atomic E-state index is -0.174. The Bertz CT molecular complexity index is 3120. The summed E-state index contributed by atoms with van der Waals surface area (Å²) in [6, 6.07) is 77.0. The summed E-state index contributed by atoms with van der Waals surface area (Å²) in [4.78, 5) is 2.49. The Balaban J connectivity index is 1.24. The van der Waals surface area contributed by atoms with Crippen LogP contribution in [-0.4, -0.2) is 0 Å². The van der Waals surface area contributed by atoms with Crippen molar-refractivity contribution in [2.24, 2.45) is 0 Å². The number of nitrogens with zero attached hydrogens (tertiary/aromatic N) is 1. The third-order valence-electron chi connectivity index (χ3n) is 12.2. The van der Waals surface area contributed by atoms with Crippen molar-refractivity contribution >= 4 is 39.0 Å². The molecule has 1 aromatic heterocycles. The van der Waals surface area contributed by atoms with E-state index in [1.165, 1.54) is 44.5 Å². The van der Waals surface area contributed by atoms with Gasteiger partial charge in [0.1, 0.15) is 11.2 Å². The van der Waals surface area contributed by atoms with Crippen LogP contribution in [0.1, 0.15) is 25.0 Å². The third kappa shape index (κ3) is 5.87. The van der Waals surface area contributed by atoms with Crippen LogP contribution >= 0.6 is 0 Å². The van der Waals surface area contributed by atoms with Crippen LogP contribution in [0.5, 0.6) is 0 Å². The van der Waals surface area contributed by atoms with Crippen LogP contribution in [0.4, 0.5) is 17.1 Å². The van der Waals surface area contributed by atoms with E-state index in [1.807, 2.05) is 0 Å². The summed E-state index contributed by atoms with van der Waals surface area (Å²) < 4.78 is 6.63. The lowest BCUT2D eigenvalue weighted by Gasteiger charge is -2.31. The zero-order valence-corrected chi connectivity index (χ0v) is 33.1. The second-order valence-electron chi connectivity index (χ2n) is 16.1. The first-order chi connectivity index (χ1) is 29.0. The Labute approximate surface area is 345 Å². The van der Waals surface area contributed by atoms with Gasteiger partial charge < -0.3 is 9.32 Å². The van der Waals surface area contributed by atoms with Crippen molar-refractivity contribution in [3.8, 4) is 55.6 Å². The molecule has 2 nitrogen and oxygen atoms in total. The molecule has 0 amide bonds. The van der Waals surface area contributed by atoms with Crippen molar-refractivity contribution in [1.82, 2.24) is 0 Å². The van der Waals surface area contributed by atoms with Crippen molar-refractivity contribution in [1.29, 1.82) is 0 Å². The van der Waals surface area contributed by atoms with E-state index >= 15 is 0 Å². The lowest BCUT2D eigenvalue weighted by Crippen LogP contribution is -2.17. The molecule has 11 rings (SSSR count). The average molecular weight is 756 g/mol. The van der Waals surface area contributed by atoms with Gasteiger partial charge in [-0.15, -0.1) is 0 Å². The number of benzene rings is 9. The van der Waals surface area contributed by atoms with Gasteiger partial charge in [-0.25, -0.2) is 0 Å². The molecule has 280 valence electrons. The predicted molar refractivity (Wildman–Crippen MR) is 248 cm³/mol. The van der Waals surface area contributed by atoms with Gasteiger partial charge in [0.15, 0.2) is 0 Å². The fourth-order valence-corrected chi connectivity index (χ4v) is 9.36. The van der Waals surface area contributed by atoms with Crippen LogP contribution in [0.25, 0.3) is 77.6 Å². The van der Waals surface area contributed by atoms with Gasteiger partial charge in [0.05, 0.1) is 5.69 Å². The van der Waals surface area contributed by atoms with E-state index in [0.717, 1.165) is 61.3 Å². The van der Waals surface area contributed by atoms with E-state index in [1.54, 1.807) is 0 Å². The van der Waals surface area contributed by atoms with Gasteiger partial charge in [-0.3, -0.25) is 0 Å². The molecule has 59 heavy (non-hydrogen) atoms. The minimum Gasteiger partial charge on any atom is -0.456 e. The second kappa shape index (κ2) is 13.9. The molecular formula is C57H41NO.